The van der Waals surface area contributed by atoms with E-state index in [2.05, 4.69) is 16.3 Å². The van der Waals surface area contributed by atoms with Gasteiger partial charge in [0.1, 0.15) is 0 Å². The van der Waals surface area contributed by atoms with Crippen LogP contribution in [0.25, 0.3) is 11.5 Å². The standard InChI is InChI=1S/C18H14ClN3O2/c19-15-7-3-6-13(10-15)16-20-21-17(24-16)18(23)22-9-8-12-4-1-2-5-14(12)11-22/h1-7,10H,8-9,11H2. The first-order valence-corrected chi connectivity index (χ1v) is 8.04. The van der Waals surface area contributed by atoms with Gasteiger partial charge in [0, 0.05) is 23.7 Å². The highest BCUT2D eigenvalue weighted by atomic mass is 35.5. The number of carbonyl (C=O) groups excluding carboxylic acids is 1. The fourth-order valence-corrected chi connectivity index (χ4v) is 3.04. The Labute approximate surface area is 143 Å². The average Bonchev–Trinajstić information content (AvgIpc) is 3.11. The second kappa shape index (κ2) is 6.09. The molecule has 5 nitrogen and oxygen atoms in total. The van der Waals surface area contributed by atoms with Gasteiger partial charge in [0.05, 0.1) is 0 Å². The van der Waals surface area contributed by atoms with Gasteiger partial charge < -0.3 is 9.32 Å². The molecule has 2 aromatic carbocycles. The van der Waals surface area contributed by atoms with Gasteiger partial charge in [-0.25, -0.2) is 0 Å². The fraction of sp³-hybridized carbons (Fsp3) is 0.167. The molecule has 0 radical (unpaired) electrons. The van der Waals surface area contributed by atoms with Gasteiger partial charge >= 0.3 is 11.8 Å². The summed E-state index contributed by atoms with van der Waals surface area (Å²) in [4.78, 5) is 14.4. The van der Waals surface area contributed by atoms with Gasteiger partial charge in [-0.2, -0.15) is 0 Å². The van der Waals surface area contributed by atoms with E-state index in [-0.39, 0.29) is 11.8 Å². The zero-order chi connectivity index (χ0) is 16.5. The number of aromatic nitrogens is 2. The van der Waals surface area contributed by atoms with Gasteiger partial charge in [-0.1, -0.05) is 41.9 Å². The Hall–Kier alpha value is -2.66. The summed E-state index contributed by atoms with van der Waals surface area (Å²) in [5.74, 6) is 0.0490. The topological polar surface area (TPSA) is 59.2 Å². The Balaban J connectivity index is 1.56. The average molecular weight is 340 g/mol. The molecule has 1 aromatic heterocycles. The van der Waals surface area contributed by atoms with E-state index in [1.807, 2.05) is 24.3 Å². The number of rotatable bonds is 2. The highest BCUT2D eigenvalue weighted by molar-refractivity contribution is 6.30. The molecule has 3 aromatic rings. The van der Waals surface area contributed by atoms with Crippen molar-refractivity contribution >= 4 is 17.5 Å². The maximum absolute atomic E-state index is 12.6. The van der Waals surface area contributed by atoms with Gasteiger partial charge in [0.25, 0.3) is 0 Å². The van der Waals surface area contributed by atoms with E-state index in [4.69, 9.17) is 16.0 Å². The molecular formula is C18H14ClN3O2. The third-order valence-corrected chi connectivity index (χ3v) is 4.33. The lowest BCUT2D eigenvalue weighted by Gasteiger charge is -2.27. The van der Waals surface area contributed by atoms with Gasteiger partial charge in [-0.15, -0.1) is 10.2 Å². The molecule has 6 heteroatoms. The lowest BCUT2D eigenvalue weighted by atomic mass is 10.00. The van der Waals surface area contributed by atoms with Crippen molar-refractivity contribution in [3.05, 3.63) is 70.6 Å². The lowest BCUT2D eigenvalue weighted by Crippen LogP contribution is -2.36. The molecule has 2 heterocycles. The molecule has 0 unspecified atom stereocenters. The van der Waals surface area contributed by atoms with Crippen molar-refractivity contribution in [3.63, 3.8) is 0 Å². The van der Waals surface area contributed by atoms with E-state index in [9.17, 15) is 4.79 Å². The van der Waals surface area contributed by atoms with Gasteiger partial charge in [0.15, 0.2) is 0 Å². The maximum Gasteiger partial charge on any atom is 0.311 e. The number of benzene rings is 2. The van der Waals surface area contributed by atoms with Crippen LogP contribution in [0.4, 0.5) is 0 Å². The van der Waals surface area contributed by atoms with Crippen LogP contribution in [0.15, 0.2) is 52.9 Å². The number of carbonyl (C=O) groups is 1. The SMILES string of the molecule is O=C(c1nnc(-c2cccc(Cl)c2)o1)N1CCc2ccccc2C1. The van der Waals surface area contributed by atoms with Crippen molar-refractivity contribution in [2.24, 2.45) is 0 Å². The maximum atomic E-state index is 12.6. The Morgan fingerprint density at radius 2 is 1.92 bits per heavy atom. The number of fused-ring (bicyclic) bond motifs is 1. The smallest absolute Gasteiger partial charge is 0.311 e. The molecule has 24 heavy (non-hydrogen) atoms. The van der Waals surface area contributed by atoms with Crippen molar-refractivity contribution in [3.8, 4) is 11.5 Å². The minimum absolute atomic E-state index is 0.00403. The van der Waals surface area contributed by atoms with E-state index in [0.29, 0.717) is 29.6 Å². The summed E-state index contributed by atoms with van der Waals surface area (Å²) < 4.78 is 5.56. The van der Waals surface area contributed by atoms with Crippen LogP contribution < -0.4 is 0 Å². The molecule has 4 rings (SSSR count). The summed E-state index contributed by atoms with van der Waals surface area (Å²) in [6.45, 7) is 1.20. The molecule has 0 fully saturated rings. The van der Waals surface area contributed by atoms with E-state index in [1.165, 1.54) is 5.56 Å². The highest BCUT2D eigenvalue weighted by Gasteiger charge is 2.25. The molecule has 0 saturated carbocycles. The molecule has 0 N–H and O–H groups in total. The van der Waals surface area contributed by atoms with Gasteiger partial charge in [-0.3, -0.25) is 4.79 Å². The van der Waals surface area contributed by atoms with Crippen molar-refractivity contribution < 1.29 is 9.21 Å². The van der Waals surface area contributed by atoms with Crippen molar-refractivity contribution in [2.75, 3.05) is 6.54 Å². The van der Waals surface area contributed by atoms with Gasteiger partial charge in [-0.05, 0) is 35.7 Å². The first kappa shape index (κ1) is 14.9. The van der Waals surface area contributed by atoms with E-state index in [1.54, 1.807) is 23.1 Å². The Kier molecular flexibility index (Phi) is 3.78. The van der Waals surface area contributed by atoms with Crippen molar-refractivity contribution in [1.29, 1.82) is 0 Å². The summed E-state index contributed by atoms with van der Waals surface area (Å²) in [5, 5.41) is 8.44. The predicted molar refractivity (Wildman–Crippen MR) is 89.6 cm³/mol. The number of hydrogen-bond donors (Lipinski definition) is 0. The van der Waals surface area contributed by atoms with Crippen LogP contribution in [0.3, 0.4) is 0 Å². The minimum Gasteiger partial charge on any atom is -0.412 e. The van der Waals surface area contributed by atoms with Gasteiger partial charge in [0.2, 0.25) is 5.89 Å². The van der Waals surface area contributed by atoms with E-state index in [0.717, 1.165) is 12.0 Å². The number of amides is 1. The van der Waals surface area contributed by atoms with Crippen LogP contribution in [0.2, 0.25) is 5.02 Å². The molecule has 120 valence electrons. The predicted octanol–water partition coefficient (Wildman–Crippen LogP) is 3.59. The Morgan fingerprint density at radius 1 is 1.08 bits per heavy atom. The molecule has 0 aliphatic carbocycles. The monoisotopic (exact) mass is 339 g/mol. The summed E-state index contributed by atoms with van der Waals surface area (Å²) in [7, 11) is 0. The van der Waals surface area contributed by atoms with Crippen LogP contribution in [-0.4, -0.2) is 27.5 Å². The first-order chi connectivity index (χ1) is 11.7. The zero-order valence-corrected chi connectivity index (χ0v) is 13.5. The Bertz CT molecular complexity index is 907. The third-order valence-electron chi connectivity index (χ3n) is 4.10. The summed E-state index contributed by atoms with van der Waals surface area (Å²) in [6, 6.07) is 15.2. The molecule has 0 bridgehead atoms. The second-order valence-corrected chi connectivity index (χ2v) is 6.10. The molecule has 0 atom stereocenters. The summed E-state index contributed by atoms with van der Waals surface area (Å²) in [5.41, 5.74) is 3.14. The van der Waals surface area contributed by atoms with Crippen LogP contribution in [0.1, 0.15) is 21.8 Å². The van der Waals surface area contributed by atoms with Crippen LogP contribution in [0, 0.1) is 0 Å². The fourth-order valence-electron chi connectivity index (χ4n) is 2.85. The number of hydrogen-bond acceptors (Lipinski definition) is 4. The Morgan fingerprint density at radius 3 is 2.75 bits per heavy atom. The highest BCUT2D eigenvalue weighted by Crippen LogP contribution is 2.23. The van der Waals surface area contributed by atoms with Crippen molar-refractivity contribution in [1.82, 2.24) is 15.1 Å². The number of nitrogens with zero attached hydrogens (tertiary/aromatic N) is 3. The normalized spacial score (nSPS) is 13.6. The van der Waals surface area contributed by atoms with Crippen LogP contribution >= 0.6 is 11.6 Å². The number of halogens is 1. The third kappa shape index (κ3) is 2.78. The molecule has 1 aliphatic heterocycles. The summed E-state index contributed by atoms with van der Waals surface area (Å²) >= 11 is 5.97. The molecule has 1 amide bonds. The molecule has 0 spiro atoms. The van der Waals surface area contributed by atoms with Crippen molar-refractivity contribution in [2.45, 2.75) is 13.0 Å². The second-order valence-electron chi connectivity index (χ2n) is 5.67. The summed E-state index contributed by atoms with van der Waals surface area (Å²) in [6.07, 6.45) is 0.831. The quantitative estimate of drug-likeness (QED) is 0.716. The molecule has 1 aliphatic rings. The van der Waals surface area contributed by atoms with Crippen LogP contribution in [-0.2, 0) is 13.0 Å². The lowest BCUT2D eigenvalue weighted by molar-refractivity contribution is 0.0695. The first-order valence-electron chi connectivity index (χ1n) is 7.66. The van der Waals surface area contributed by atoms with Crippen LogP contribution in [0.5, 0.6) is 0 Å². The minimum atomic E-state index is -0.245. The van der Waals surface area contributed by atoms with E-state index >= 15 is 0 Å². The molecule has 0 saturated heterocycles. The zero-order valence-electron chi connectivity index (χ0n) is 12.8. The molecular weight excluding hydrogens is 326 g/mol. The van der Waals surface area contributed by atoms with E-state index < -0.39 is 0 Å². The largest absolute Gasteiger partial charge is 0.412 e.